The smallest absolute Gasteiger partial charge is 0.220 e. The number of carbonyl (C=O) groups excluding carboxylic acids is 1. The van der Waals surface area contributed by atoms with Crippen molar-refractivity contribution in [3.63, 3.8) is 0 Å². The quantitative estimate of drug-likeness (QED) is 0.795. The number of methoxy groups -OCH3 is 1. The van der Waals surface area contributed by atoms with Gasteiger partial charge < -0.3 is 14.8 Å². The summed E-state index contributed by atoms with van der Waals surface area (Å²) in [7, 11) is 1.48. The lowest BCUT2D eigenvalue weighted by Gasteiger charge is -2.43. The molecule has 3 atom stereocenters. The number of hydrogen-bond donors (Lipinski definition) is 1. The van der Waals surface area contributed by atoms with Crippen LogP contribution in [0.5, 0.6) is 5.75 Å². The summed E-state index contributed by atoms with van der Waals surface area (Å²) in [6, 6.07) is 10.7. The van der Waals surface area contributed by atoms with Gasteiger partial charge in [0.05, 0.1) is 19.3 Å². The molecule has 28 heavy (non-hydrogen) atoms. The molecule has 2 aromatic carbocycles. The van der Waals surface area contributed by atoms with Gasteiger partial charge in [-0.1, -0.05) is 19.1 Å². The van der Waals surface area contributed by atoms with Crippen molar-refractivity contribution in [3.8, 4) is 5.75 Å². The van der Waals surface area contributed by atoms with Crippen molar-refractivity contribution in [1.82, 2.24) is 5.32 Å². The van der Waals surface area contributed by atoms with Crippen LogP contribution in [0.3, 0.4) is 0 Å². The van der Waals surface area contributed by atoms with Gasteiger partial charge in [0.15, 0.2) is 0 Å². The molecular weight excluding hydrogens is 364 g/mol. The van der Waals surface area contributed by atoms with Gasteiger partial charge in [-0.2, -0.15) is 0 Å². The first kappa shape index (κ1) is 20.3. The zero-order chi connectivity index (χ0) is 20.3. The van der Waals surface area contributed by atoms with Gasteiger partial charge in [0.25, 0.3) is 0 Å². The van der Waals surface area contributed by atoms with Gasteiger partial charge in [0, 0.05) is 36.4 Å². The molecule has 0 radical (unpaired) electrons. The zero-order valence-corrected chi connectivity index (χ0v) is 16.3. The van der Waals surface area contributed by atoms with E-state index < -0.39 is 23.6 Å². The predicted molar refractivity (Wildman–Crippen MR) is 102 cm³/mol. The number of rotatable bonds is 5. The summed E-state index contributed by atoms with van der Waals surface area (Å²) in [5, 5.41) is 3.06. The van der Waals surface area contributed by atoms with Crippen LogP contribution in [-0.4, -0.2) is 18.6 Å². The van der Waals surface area contributed by atoms with E-state index in [0.29, 0.717) is 30.6 Å². The minimum Gasteiger partial charge on any atom is -0.497 e. The molecule has 1 amide bonds. The van der Waals surface area contributed by atoms with E-state index in [1.807, 2.05) is 6.92 Å². The summed E-state index contributed by atoms with van der Waals surface area (Å²) in [6.45, 7) is 3.73. The van der Waals surface area contributed by atoms with Gasteiger partial charge in [-0.3, -0.25) is 4.79 Å². The van der Waals surface area contributed by atoms with Gasteiger partial charge in [-0.25, -0.2) is 8.78 Å². The fourth-order valence-electron chi connectivity index (χ4n) is 3.68. The van der Waals surface area contributed by atoms with Crippen LogP contribution in [0.15, 0.2) is 42.5 Å². The summed E-state index contributed by atoms with van der Waals surface area (Å²) in [5.41, 5.74) is 0.614. The van der Waals surface area contributed by atoms with Crippen molar-refractivity contribution in [3.05, 3.63) is 65.2 Å². The Labute approximate surface area is 163 Å². The molecule has 0 saturated carbocycles. The van der Waals surface area contributed by atoms with Crippen molar-refractivity contribution in [1.29, 1.82) is 0 Å². The second-order valence-corrected chi connectivity index (χ2v) is 7.42. The van der Waals surface area contributed by atoms with Crippen LogP contribution in [0.1, 0.15) is 56.4 Å². The number of halogens is 2. The summed E-state index contributed by atoms with van der Waals surface area (Å²) in [5.74, 6) is -0.405. The predicted octanol–water partition coefficient (Wildman–Crippen LogP) is 4.85. The third kappa shape index (κ3) is 4.50. The lowest BCUT2D eigenvalue weighted by Crippen LogP contribution is -2.50. The highest BCUT2D eigenvalue weighted by Gasteiger charge is 2.40. The number of amides is 1. The van der Waals surface area contributed by atoms with E-state index >= 15 is 0 Å². The lowest BCUT2D eigenvalue weighted by molar-refractivity contribution is -0.128. The van der Waals surface area contributed by atoms with E-state index in [9.17, 15) is 13.6 Å². The average molecular weight is 389 g/mol. The van der Waals surface area contributed by atoms with Gasteiger partial charge >= 0.3 is 0 Å². The Morgan fingerprint density at radius 2 is 1.86 bits per heavy atom. The van der Waals surface area contributed by atoms with Crippen LogP contribution in [-0.2, 0) is 9.53 Å². The van der Waals surface area contributed by atoms with Gasteiger partial charge in [0.2, 0.25) is 5.91 Å². The largest absolute Gasteiger partial charge is 0.497 e. The maximum absolute atomic E-state index is 14.7. The van der Waals surface area contributed by atoms with E-state index in [0.717, 1.165) is 5.56 Å². The Morgan fingerprint density at radius 1 is 1.18 bits per heavy atom. The van der Waals surface area contributed by atoms with Crippen LogP contribution in [0.25, 0.3) is 0 Å². The first-order valence-electron chi connectivity index (χ1n) is 9.39. The molecule has 0 spiro atoms. The molecule has 4 nitrogen and oxygen atoms in total. The number of benzene rings is 2. The maximum atomic E-state index is 14.7. The van der Waals surface area contributed by atoms with E-state index in [1.54, 1.807) is 31.2 Å². The third-order valence-electron chi connectivity index (χ3n) is 5.16. The molecule has 1 aliphatic heterocycles. The normalized spacial score (nSPS) is 24.6. The second-order valence-electron chi connectivity index (χ2n) is 7.42. The van der Waals surface area contributed by atoms with Crippen LogP contribution in [0.4, 0.5) is 8.78 Å². The number of carbonyl (C=O) groups is 1. The fraction of sp³-hybridized carbons (Fsp3) is 0.409. The van der Waals surface area contributed by atoms with Crippen molar-refractivity contribution < 1.29 is 23.0 Å². The highest BCUT2D eigenvalue weighted by Crippen LogP contribution is 2.44. The molecule has 1 aliphatic rings. The molecule has 0 aromatic heterocycles. The van der Waals surface area contributed by atoms with E-state index in [4.69, 9.17) is 9.47 Å². The molecule has 1 heterocycles. The highest BCUT2D eigenvalue weighted by molar-refractivity contribution is 5.76. The Hall–Kier alpha value is -2.47. The van der Waals surface area contributed by atoms with Crippen LogP contribution in [0.2, 0.25) is 0 Å². The highest BCUT2D eigenvalue weighted by atomic mass is 19.1. The summed E-state index contributed by atoms with van der Waals surface area (Å²) >= 11 is 0. The van der Waals surface area contributed by atoms with Crippen LogP contribution >= 0.6 is 0 Å². The first-order chi connectivity index (χ1) is 13.3. The second kappa shape index (κ2) is 8.27. The topological polar surface area (TPSA) is 47.6 Å². The molecule has 1 fully saturated rings. The van der Waals surface area contributed by atoms with Crippen LogP contribution < -0.4 is 10.1 Å². The van der Waals surface area contributed by atoms with E-state index in [1.165, 1.54) is 25.3 Å². The van der Waals surface area contributed by atoms with E-state index in [2.05, 4.69) is 5.32 Å². The minimum absolute atomic E-state index is 0.0730. The molecule has 1 saturated heterocycles. The first-order valence-corrected chi connectivity index (χ1v) is 9.39. The lowest BCUT2D eigenvalue weighted by atomic mass is 9.81. The number of nitrogens with one attached hydrogen (secondary N) is 1. The Balaban J connectivity index is 1.94. The van der Waals surface area contributed by atoms with Crippen molar-refractivity contribution in [2.24, 2.45) is 0 Å². The molecule has 0 unspecified atom stereocenters. The third-order valence-corrected chi connectivity index (χ3v) is 5.16. The summed E-state index contributed by atoms with van der Waals surface area (Å²) < 4.78 is 39.3. The Morgan fingerprint density at radius 3 is 2.46 bits per heavy atom. The van der Waals surface area contributed by atoms with Gasteiger partial charge in [-0.05, 0) is 36.8 Å². The molecule has 0 bridgehead atoms. The molecule has 6 heteroatoms. The molecular formula is C22H25F2NO3. The number of ether oxygens (including phenoxy) is 2. The van der Waals surface area contributed by atoms with Crippen molar-refractivity contribution >= 4 is 5.91 Å². The van der Waals surface area contributed by atoms with Gasteiger partial charge in [0.1, 0.15) is 17.4 Å². The zero-order valence-electron chi connectivity index (χ0n) is 16.3. The van der Waals surface area contributed by atoms with E-state index in [-0.39, 0.29) is 11.7 Å². The molecule has 2 aromatic rings. The standard InChI is InChI=1S/C22H25F2NO3/c1-4-21(26)25-22(2)12-19(14-5-7-15(23)8-6-14)28-20(13-22)17-10-9-16(27-3)11-18(17)24/h5-11,19-20H,4,12-13H2,1-3H3,(H,25,26)/t19-,20+,22-/m0/s1. The molecule has 0 aliphatic carbocycles. The SMILES string of the molecule is CCC(=O)N[C@@]1(C)C[C@@H](c2ccc(F)cc2)O[C@@H](c2ccc(OC)cc2F)C1. The Bertz CT molecular complexity index is 840. The van der Waals surface area contributed by atoms with Crippen molar-refractivity contribution in [2.45, 2.75) is 50.9 Å². The minimum atomic E-state index is -0.582. The Kier molecular flexibility index (Phi) is 5.98. The average Bonchev–Trinajstić information content (AvgIpc) is 2.67. The van der Waals surface area contributed by atoms with Crippen LogP contribution in [0, 0.1) is 11.6 Å². The maximum Gasteiger partial charge on any atom is 0.220 e. The summed E-state index contributed by atoms with van der Waals surface area (Å²) in [4.78, 5) is 12.1. The fourth-order valence-corrected chi connectivity index (χ4v) is 3.68. The van der Waals surface area contributed by atoms with Gasteiger partial charge in [-0.15, -0.1) is 0 Å². The molecule has 1 N–H and O–H groups in total. The monoisotopic (exact) mass is 389 g/mol. The summed E-state index contributed by atoms with van der Waals surface area (Å²) in [6.07, 6.45) is 0.345. The molecule has 150 valence electrons. The van der Waals surface area contributed by atoms with Crippen molar-refractivity contribution in [2.75, 3.05) is 7.11 Å². The number of hydrogen-bond acceptors (Lipinski definition) is 3. The molecule has 3 rings (SSSR count).